The molecule has 0 bridgehead atoms. The highest BCUT2D eigenvalue weighted by atomic mass is 28.3. The minimum Gasteiger partial charge on any atom is -0.258 e. The van der Waals surface area contributed by atoms with Crippen LogP contribution in [0.3, 0.4) is 0 Å². The summed E-state index contributed by atoms with van der Waals surface area (Å²) in [5.41, 5.74) is 0.792. The molecular formula is C14H22F3NSi. The van der Waals surface area contributed by atoms with Crippen LogP contribution in [-0.4, -0.2) is 13.1 Å². The van der Waals surface area contributed by atoms with Crippen LogP contribution in [0.4, 0.5) is 13.2 Å². The molecular weight excluding hydrogens is 267 g/mol. The van der Waals surface area contributed by atoms with Crippen LogP contribution in [0.1, 0.15) is 37.6 Å². The first-order valence-electron chi connectivity index (χ1n) is 6.38. The third-order valence-corrected chi connectivity index (χ3v) is 9.87. The number of hydrogen-bond donors (Lipinski definition) is 0. The zero-order valence-electron chi connectivity index (χ0n) is 12.3. The minimum absolute atomic E-state index is 0.0736. The molecule has 1 aromatic heterocycles. The molecule has 1 nitrogen and oxygen atoms in total. The SMILES string of the molecule is CC(C)(C)[Si](C)(C)c1c(CF)cnc(CF)c1CF. The predicted molar refractivity (Wildman–Crippen MR) is 75.5 cm³/mol. The molecule has 0 aliphatic carbocycles. The van der Waals surface area contributed by atoms with E-state index in [0.29, 0.717) is 10.8 Å². The molecule has 0 fully saturated rings. The van der Waals surface area contributed by atoms with Gasteiger partial charge < -0.3 is 0 Å². The molecule has 5 heteroatoms. The number of halogens is 3. The highest BCUT2D eigenvalue weighted by Gasteiger charge is 2.40. The monoisotopic (exact) mass is 289 g/mol. The largest absolute Gasteiger partial charge is 0.258 e. The Kier molecular flexibility index (Phi) is 4.82. The van der Waals surface area contributed by atoms with E-state index in [2.05, 4.69) is 38.8 Å². The van der Waals surface area contributed by atoms with Gasteiger partial charge >= 0.3 is 0 Å². The fraction of sp³-hybridized carbons (Fsp3) is 0.643. The molecule has 0 aliphatic heterocycles. The van der Waals surface area contributed by atoms with Crippen molar-refractivity contribution in [3.8, 4) is 0 Å². The Morgan fingerprint density at radius 2 is 1.63 bits per heavy atom. The molecule has 0 atom stereocenters. The van der Waals surface area contributed by atoms with Crippen molar-refractivity contribution >= 4 is 13.3 Å². The molecule has 0 saturated carbocycles. The summed E-state index contributed by atoms with van der Waals surface area (Å²) in [5, 5.41) is 0.628. The Morgan fingerprint density at radius 3 is 2.00 bits per heavy atom. The van der Waals surface area contributed by atoms with Gasteiger partial charge in [-0.3, -0.25) is 4.98 Å². The topological polar surface area (TPSA) is 12.9 Å². The number of nitrogens with zero attached hydrogens (tertiary/aromatic N) is 1. The number of alkyl halides is 3. The molecule has 1 rings (SSSR count). The lowest BCUT2D eigenvalue weighted by Gasteiger charge is -2.39. The van der Waals surface area contributed by atoms with E-state index in [1.54, 1.807) is 0 Å². The lowest BCUT2D eigenvalue weighted by atomic mass is 10.1. The van der Waals surface area contributed by atoms with E-state index < -0.39 is 28.1 Å². The Balaban J connectivity index is 3.63. The molecule has 0 aliphatic rings. The molecule has 0 spiro atoms. The number of rotatable bonds is 4. The van der Waals surface area contributed by atoms with E-state index >= 15 is 0 Å². The number of hydrogen-bond acceptors (Lipinski definition) is 1. The van der Waals surface area contributed by atoms with E-state index in [1.165, 1.54) is 6.20 Å². The summed E-state index contributed by atoms with van der Waals surface area (Å²) >= 11 is 0. The summed E-state index contributed by atoms with van der Waals surface area (Å²) in [6, 6.07) is 0. The Hall–Kier alpha value is -0.843. The fourth-order valence-electron chi connectivity index (χ4n) is 2.15. The van der Waals surface area contributed by atoms with Crippen LogP contribution in [0.15, 0.2) is 6.20 Å². The quantitative estimate of drug-likeness (QED) is 0.757. The van der Waals surface area contributed by atoms with Crippen LogP contribution in [0.25, 0.3) is 0 Å². The average Bonchev–Trinajstić information content (AvgIpc) is 2.35. The van der Waals surface area contributed by atoms with E-state index in [-0.39, 0.29) is 16.3 Å². The highest BCUT2D eigenvalue weighted by Crippen LogP contribution is 2.37. The summed E-state index contributed by atoms with van der Waals surface area (Å²) in [4.78, 5) is 3.86. The van der Waals surface area contributed by atoms with E-state index in [1.807, 2.05) is 0 Å². The summed E-state index contributed by atoms with van der Waals surface area (Å²) in [7, 11) is -2.15. The second kappa shape index (κ2) is 5.65. The van der Waals surface area contributed by atoms with Crippen molar-refractivity contribution in [3.05, 3.63) is 23.0 Å². The zero-order chi connectivity index (χ0) is 14.8. The third-order valence-electron chi connectivity index (χ3n) is 4.25. The molecule has 19 heavy (non-hydrogen) atoms. The van der Waals surface area contributed by atoms with Crippen LogP contribution in [-0.2, 0) is 20.0 Å². The van der Waals surface area contributed by atoms with Gasteiger partial charge in [0.1, 0.15) is 20.0 Å². The third kappa shape index (κ3) is 2.85. The number of aromatic nitrogens is 1. The second-order valence-corrected chi connectivity index (χ2v) is 11.6. The smallest absolute Gasteiger partial charge is 0.132 e. The molecule has 0 N–H and O–H groups in total. The van der Waals surface area contributed by atoms with Gasteiger partial charge in [0.25, 0.3) is 0 Å². The summed E-state index contributed by atoms with van der Waals surface area (Å²) in [6.07, 6.45) is 1.36. The summed E-state index contributed by atoms with van der Waals surface area (Å²) < 4.78 is 39.5. The van der Waals surface area contributed by atoms with Crippen LogP contribution in [0, 0.1) is 0 Å². The van der Waals surface area contributed by atoms with Gasteiger partial charge in [-0.25, -0.2) is 13.2 Å². The van der Waals surface area contributed by atoms with Crippen molar-refractivity contribution < 1.29 is 13.2 Å². The lowest BCUT2D eigenvalue weighted by Crippen LogP contribution is -2.53. The van der Waals surface area contributed by atoms with Gasteiger partial charge in [0.05, 0.1) is 13.8 Å². The minimum atomic E-state index is -2.15. The van der Waals surface area contributed by atoms with Gasteiger partial charge in [0.2, 0.25) is 0 Å². The first kappa shape index (κ1) is 16.2. The average molecular weight is 289 g/mol. The van der Waals surface area contributed by atoms with Crippen LogP contribution >= 0.6 is 0 Å². The molecule has 0 aromatic carbocycles. The summed E-state index contributed by atoms with van der Waals surface area (Å²) in [5.74, 6) is 0. The highest BCUT2D eigenvalue weighted by molar-refractivity contribution is 6.92. The Labute approximate surface area is 114 Å². The van der Waals surface area contributed by atoms with Gasteiger partial charge in [-0.05, 0) is 10.2 Å². The van der Waals surface area contributed by atoms with Crippen molar-refractivity contribution in [2.24, 2.45) is 0 Å². The van der Waals surface area contributed by atoms with Crippen molar-refractivity contribution in [1.82, 2.24) is 4.98 Å². The molecule has 1 heterocycles. The first-order chi connectivity index (χ1) is 8.70. The van der Waals surface area contributed by atoms with Crippen LogP contribution < -0.4 is 5.19 Å². The second-order valence-electron chi connectivity index (χ2n) is 6.36. The Bertz CT molecular complexity index is 453. The standard InChI is InChI=1S/C14H22F3NSi/c1-14(2,3)19(4,5)13-10(6-15)9-18-12(8-17)11(13)7-16/h9H,6-8H2,1-5H3. The molecule has 108 valence electrons. The maximum absolute atomic E-state index is 13.4. The molecule has 0 amide bonds. The van der Waals surface area contributed by atoms with Crippen molar-refractivity contribution in [2.45, 2.75) is 58.9 Å². The number of pyridine rings is 1. The molecule has 0 saturated heterocycles. The lowest BCUT2D eigenvalue weighted by molar-refractivity contribution is 0.444. The molecule has 0 radical (unpaired) electrons. The Morgan fingerprint density at radius 1 is 1.05 bits per heavy atom. The summed E-state index contributed by atoms with van der Waals surface area (Å²) in [6.45, 7) is 8.06. The molecule has 1 aromatic rings. The van der Waals surface area contributed by atoms with Gasteiger partial charge in [-0.15, -0.1) is 0 Å². The van der Waals surface area contributed by atoms with Crippen molar-refractivity contribution in [1.29, 1.82) is 0 Å². The van der Waals surface area contributed by atoms with Crippen molar-refractivity contribution in [2.75, 3.05) is 0 Å². The maximum atomic E-state index is 13.4. The van der Waals surface area contributed by atoms with E-state index in [0.717, 1.165) is 0 Å². The van der Waals surface area contributed by atoms with Gasteiger partial charge in [0.15, 0.2) is 0 Å². The fourth-order valence-corrected chi connectivity index (χ4v) is 4.80. The zero-order valence-corrected chi connectivity index (χ0v) is 13.3. The maximum Gasteiger partial charge on any atom is 0.132 e. The van der Waals surface area contributed by atoms with E-state index in [9.17, 15) is 13.2 Å². The van der Waals surface area contributed by atoms with Gasteiger partial charge in [-0.2, -0.15) is 0 Å². The van der Waals surface area contributed by atoms with Gasteiger partial charge in [-0.1, -0.05) is 33.9 Å². The van der Waals surface area contributed by atoms with Crippen LogP contribution in [0.5, 0.6) is 0 Å². The van der Waals surface area contributed by atoms with Crippen LogP contribution in [0.2, 0.25) is 18.1 Å². The van der Waals surface area contributed by atoms with Gasteiger partial charge in [0, 0.05) is 17.3 Å². The molecule has 0 unspecified atom stereocenters. The van der Waals surface area contributed by atoms with Crippen molar-refractivity contribution in [3.63, 3.8) is 0 Å². The normalized spacial score (nSPS) is 12.8. The van der Waals surface area contributed by atoms with E-state index in [4.69, 9.17) is 0 Å². The predicted octanol–water partition coefficient (Wildman–Crippen LogP) is 4.21. The first-order valence-corrected chi connectivity index (χ1v) is 9.38.